The number of nitrogens with one attached hydrogen (secondary N) is 2. The lowest BCUT2D eigenvalue weighted by atomic mass is 9.93. The van der Waals surface area contributed by atoms with E-state index in [1.54, 1.807) is 0 Å². The number of hydrogen-bond donors (Lipinski definition) is 2. The van der Waals surface area contributed by atoms with Crippen molar-refractivity contribution in [3.8, 4) is 5.88 Å². The lowest BCUT2D eigenvalue weighted by Gasteiger charge is -2.21. The zero-order valence-corrected chi connectivity index (χ0v) is 19.9. The van der Waals surface area contributed by atoms with E-state index < -0.39 is 17.4 Å². The minimum Gasteiger partial charge on any atom is -0.406 e. The molecular formula is C23H25N5O5S. The summed E-state index contributed by atoms with van der Waals surface area (Å²) in [5, 5.41) is 8.20. The van der Waals surface area contributed by atoms with E-state index in [-0.39, 0.29) is 34.0 Å². The molecule has 0 bridgehead atoms. The van der Waals surface area contributed by atoms with Crippen LogP contribution in [-0.2, 0) is 10.2 Å². The van der Waals surface area contributed by atoms with Gasteiger partial charge in [0.1, 0.15) is 11.2 Å². The molecule has 0 spiro atoms. The van der Waals surface area contributed by atoms with Gasteiger partial charge in [0.15, 0.2) is 11.4 Å². The molecule has 11 heteroatoms. The maximum atomic E-state index is 12.8. The topological polar surface area (TPSA) is 132 Å². The Kier molecular flexibility index (Phi) is 6.58. The van der Waals surface area contributed by atoms with Crippen molar-refractivity contribution < 1.29 is 19.1 Å². The van der Waals surface area contributed by atoms with Crippen molar-refractivity contribution in [2.24, 2.45) is 5.92 Å². The molecule has 10 nitrogen and oxygen atoms in total. The second-order valence-electron chi connectivity index (χ2n) is 9.10. The van der Waals surface area contributed by atoms with E-state index in [0.29, 0.717) is 24.4 Å². The minimum atomic E-state index is -0.689. The molecule has 1 aliphatic heterocycles. The lowest BCUT2D eigenvalue weighted by Crippen LogP contribution is -2.37. The van der Waals surface area contributed by atoms with Crippen molar-refractivity contribution >= 4 is 40.3 Å². The summed E-state index contributed by atoms with van der Waals surface area (Å²) in [4.78, 5) is 58.3. The highest BCUT2D eigenvalue weighted by Gasteiger charge is 2.26. The Labute approximate surface area is 199 Å². The van der Waals surface area contributed by atoms with Crippen LogP contribution in [0.15, 0.2) is 28.5 Å². The van der Waals surface area contributed by atoms with Gasteiger partial charge >= 0.3 is 5.97 Å². The molecule has 1 saturated heterocycles. The molecule has 2 N–H and O–H groups in total. The number of pyridine rings is 1. The second kappa shape index (κ2) is 9.43. The predicted octanol–water partition coefficient (Wildman–Crippen LogP) is 2.42. The normalized spacial score (nSPS) is 16.3. The smallest absolute Gasteiger partial charge is 0.316 e. The van der Waals surface area contributed by atoms with E-state index >= 15 is 0 Å². The molecule has 0 aromatic carbocycles. The van der Waals surface area contributed by atoms with Crippen LogP contribution in [0.25, 0.3) is 5.65 Å². The predicted molar refractivity (Wildman–Crippen MR) is 127 cm³/mol. The monoisotopic (exact) mass is 483 g/mol. The number of anilines is 1. The Morgan fingerprint density at radius 2 is 2.12 bits per heavy atom. The second-order valence-corrected chi connectivity index (χ2v) is 9.96. The molecule has 1 fully saturated rings. The number of aldehydes is 1. The fraction of sp³-hybridized carbons (Fsp3) is 0.391. The first-order chi connectivity index (χ1) is 16.2. The van der Waals surface area contributed by atoms with Crippen molar-refractivity contribution in [3.63, 3.8) is 0 Å². The number of carbonyl (C=O) groups excluding carboxylic acids is 3. The van der Waals surface area contributed by atoms with Crippen LogP contribution in [0.1, 0.15) is 60.0 Å². The van der Waals surface area contributed by atoms with E-state index in [1.807, 2.05) is 26.2 Å². The number of piperidine rings is 1. The van der Waals surface area contributed by atoms with Crippen LogP contribution >= 0.6 is 11.3 Å². The highest BCUT2D eigenvalue weighted by Crippen LogP contribution is 2.26. The van der Waals surface area contributed by atoms with Gasteiger partial charge in [-0.2, -0.15) is 4.98 Å². The van der Waals surface area contributed by atoms with Crippen molar-refractivity contribution in [3.05, 3.63) is 50.9 Å². The third kappa shape index (κ3) is 4.90. The van der Waals surface area contributed by atoms with Gasteiger partial charge in [-0.3, -0.25) is 28.9 Å². The third-order valence-corrected chi connectivity index (χ3v) is 6.29. The van der Waals surface area contributed by atoms with Gasteiger partial charge in [-0.1, -0.05) is 20.8 Å². The average molecular weight is 484 g/mol. The molecule has 34 heavy (non-hydrogen) atoms. The Balaban J connectivity index is 1.62. The van der Waals surface area contributed by atoms with Crippen LogP contribution in [0, 0.1) is 5.92 Å². The number of nitrogens with zero attached hydrogens (tertiary/aromatic N) is 3. The number of hydrogen-bond acceptors (Lipinski definition) is 9. The van der Waals surface area contributed by atoms with Crippen molar-refractivity contribution in [2.75, 3.05) is 18.4 Å². The maximum absolute atomic E-state index is 12.8. The molecule has 1 aliphatic rings. The molecule has 0 aliphatic carbocycles. The van der Waals surface area contributed by atoms with Gasteiger partial charge in [-0.15, -0.1) is 11.3 Å². The summed E-state index contributed by atoms with van der Waals surface area (Å²) in [7, 11) is 0. The summed E-state index contributed by atoms with van der Waals surface area (Å²) < 4.78 is 6.48. The first-order valence-electron chi connectivity index (χ1n) is 10.9. The zero-order chi connectivity index (χ0) is 24.5. The summed E-state index contributed by atoms with van der Waals surface area (Å²) in [6.45, 7) is 7.37. The van der Waals surface area contributed by atoms with E-state index in [9.17, 15) is 19.2 Å². The van der Waals surface area contributed by atoms with Crippen molar-refractivity contribution in [1.82, 2.24) is 19.7 Å². The van der Waals surface area contributed by atoms with Crippen LogP contribution in [0.3, 0.4) is 0 Å². The van der Waals surface area contributed by atoms with Gasteiger partial charge < -0.3 is 10.1 Å². The Morgan fingerprint density at radius 3 is 2.76 bits per heavy atom. The fourth-order valence-electron chi connectivity index (χ4n) is 3.53. The van der Waals surface area contributed by atoms with Gasteiger partial charge in [0, 0.05) is 29.1 Å². The number of ether oxygens (including phenoxy) is 1. The molecule has 4 rings (SSSR count). The molecule has 1 atom stereocenters. The Bertz CT molecular complexity index is 1320. The third-order valence-electron chi connectivity index (χ3n) is 5.53. The summed E-state index contributed by atoms with van der Waals surface area (Å²) >= 11 is 1.32. The number of carbonyl (C=O) groups is 3. The van der Waals surface area contributed by atoms with Gasteiger partial charge in [0.05, 0.1) is 11.6 Å². The van der Waals surface area contributed by atoms with Crippen LogP contribution in [0.2, 0.25) is 0 Å². The van der Waals surface area contributed by atoms with Gasteiger partial charge in [-0.25, -0.2) is 4.98 Å². The molecule has 1 amide bonds. The number of amides is 1. The quantitative estimate of drug-likeness (QED) is 0.418. The van der Waals surface area contributed by atoms with Crippen LogP contribution in [0.4, 0.5) is 5.13 Å². The number of fused-ring (bicyclic) bond motifs is 1. The van der Waals surface area contributed by atoms with E-state index in [0.717, 1.165) is 23.1 Å². The highest BCUT2D eigenvalue weighted by atomic mass is 32.1. The molecule has 178 valence electrons. The molecule has 3 aromatic heterocycles. The molecule has 3 aromatic rings. The summed E-state index contributed by atoms with van der Waals surface area (Å²) in [5.41, 5.74) is -0.0313. The Hall–Kier alpha value is -3.44. The summed E-state index contributed by atoms with van der Waals surface area (Å²) in [6.07, 6.45) is 3.14. The standard InChI is InChI=1S/C23H25N5O5S/c1-23(2,3)16-12-34-22(25-16)27-18(30)13-6-8-28-17(9-13)26-19(15(11-29)20(28)31)33-21(32)14-5-4-7-24-10-14/h6,8-9,11-12,14,24H,4-5,7,10H2,1-3H3,(H,25,27,30)/t14-/m0/s1. The SMILES string of the molecule is CC(C)(C)c1csc(NC(=O)c2ccn3c(=O)c(C=O)c(OC(=O)[C@H]4CCCNC4)nc3c2)n1. The molecule has 4 heterocycles. The highest BCUT2D eigenvalue weighted by molar-refractivity contribution is 7.14. The van der Waals surface area contributed by atoms with Crippen LogP contribution in [0.5, 0.6) is 5.88 Å². The Morgan fingerprint density at radius 1 is 1.32 bits per heavy atom. The number of thiazole rings is 1. The number of aromatic nitrogens is 3. The zero-order valence-electron chi connectivity index (χ0n) is 19.1. The van der Waals surface area contributed by atoms with E-state index in [4.69, 9.17) is 4.74 Å². The van der Waals surface area contributed by atoms with Gasteiger partial charge in [-0.05, 0) is 31.5 Å². The lowest BCUT2D eigenvalue weighted by molar-refractivity contribution is -0.139. The molecule has 0 radical (unpaired) electrons. The molecule has 0 unspecified atom stereocenters. The average Bonchev–Trinajstić information content (AvgIpc) is 3.28. The van der Waals surface area contributed by atoms with Crippen molar-refractivity contribution in [2.45, 2.75) is 39.0 Å². The summed E-state index contributed by atoms with van der Waals surface area (Å²) in [5.74, 6) is -1.73. The molecular weight excluding hydrogens is 458 g/mol. The van der Waals surface area contributed by atoms with Gasteiger partial charge in [0.2, 0.25) is 5.88 Å². The van der Waals surface area contributed by atoms with E-state index in [1.165, 1.54) is 29.7 Å². The van der Waals surface area contributed by atoms with Gasteiger partial charge in [0.25, 0.3) is 11.5 Å². The first-order valence-corrected chi connectivity index (χ1v) is 11.8. The van der Waals surface area contributed by atoms with E-state index in [2.05, 4.69) is 20.6 Å². The fourth-order valence-corrected chi connectivity index (χ4v) is 4.46. The molecule has 0 saturated carbocycles. The number of rotatable bonds is 5. The van der Waals surface area contributed by atoms with Crippen molar-refractivity contribution in [1.29, 1.82) is 0 Å². The first kappa shape index (κ1) is 23.7. The number of esters is 1. The largest absolute Gasteiger partial charge is 0.406 e. The minimum absolute atomic E-state index is 0.0716. The van der Waals surface area contributed by atoms with Crippen LogP contribution < -0.4 is 20.9 Å². The van der Waals surface area contributed by atoms with Crippen LogP contribution in [-0.4, -0.2) is 45.6 Å². The summed E-state index contributed by atoms with van der Waals surface area (Å²) in [6, 6.07) is 2.83. The maximum Gasteiger partial charge on any atom is 0.316 e.